The molecular formula is C15H22FN3O2. The van der Waals surface area contributed by atoms with Crippen LogP contribution < -0.4 is 16.4 Å². The lowest BCUT2D eigenvalue weighted by Gasteiger charge is -2.08. The summed E-state index contributed by atoms with van der Waals surface area (Å²) in [6, 6.07) is 5.53. The molecule has 0 bridgehead atoms. The van der Waals surface area contributed by atoms with Gasteiger partial charge in [-0.1, -0.05) is 6.07 Å². The molecule has 21 heavy (non-hydrogen) atoms. The van der Waals surface area contributed by atoms with Crippen molar-refractivity contribution in [1.29, 1.82) is 0 Å². The molecule has 0 spiro atoms. The van der Waals surface area contributed by atoms with Gasteiger partial charge in [0.25, 0.3) is 5.91 Å². The van der Waals surface area contributed by atoms with Crippen molar-refractivity contribution < 1.29 is 14.0 Å². The molecule has 1 unspecified atom stereocenters. The molecule has 116 valence electrons. The summed E-state index contributed by atoms with van der Waals surface area (Å²) >= 11 is 0. The molecule has 0 fully saturated rings. The fraction of sp³-hybridized carbons (Fsp3) is 0.467. The first kappa shape index (κ1) is 17.1. The SMILES string of the molecule is CC(N)CCC(=O)NCCCNC(=O)c1cccc(F)c1. The van der Waals surface area contributed by atoms with Crippen LogP contribution in [0.25, 0.3) is 0 Å². The normalized spacial score (nSPS) is 11.8. The van der Waals surface area contributed by atoms with Gasteiger partial charge in [0.2, 0.25) is 5.91 Å². The summed E-state index contributed by atoms with van der Waals surface area (Å²) in [6.45, 7) is 2.76. The third-order valence-corrected chi connectivity index (χ3v) is 2.87. The van der Waals surface area contributed by atoms with Crippen molar-refractivity contribution in [3.8, 4) is 0 Å². The molecule has 0 heterocycles. The number of carbonyl (C=O) groups is 2. The Morgan fingerprint density at radius 1 is 1.29 bits per heavy atom. The third kappa shape index (κ3) is 7.41. The minimum Gasteiger partial charge on any atom is -0.356 e. The van der Waals surface area contributed by atoms with E-state index in [-0.39, 0.29) is 23.4 Å². The Hall–Kier alpha value is -1.95. The monoisotopic (exact) mass is 295 g/mol. The second kappa shape index (κ2) is 9.07. The highest BCUT2D eigenvalue weighted by molar-refractivity contribution is 5.94. The van der Waals surface area contributed by atoms with E-state index in [2.05, 4.69) is 10.6 Å². The van der Waals surface area contributed by atoms with Crippen LogP contribution in [0.5, 0.6) is 0 Å². The molecule has 0 aromatic heterocycles. The van der Waals surface area contributed by atoms with E-state index in [4.69, 9.17) is 5.73 Å². The van der Waals surface area contributed by atoms with Crippen LogP contribution in [0.1, 0.15) is 36.5 Å². The van der Waals surface area contributed by atoms with Gasteiger partial charge in [0, 0.05) is 31.1 Å². The zero-order valence-corrected chi connectivity index (χ0v) is 12.2. The van der Waals surface area contributed by atoms with Gasteiger partial charge in [-0.3, -0.25) is 9.59 Å². The van der Waals surface area contributed by atoms with Crippen molar-refractivity contribution in [3.63, 3.8) is 0 Å². The fourth-order valence-electron chi connectivity index (χ4n) is 1.70. The summed E-state index contributed by atoms with van der Waals surface area (Å²) < 4.78 is 13.0. The molecule has 1 atom stereocenters. The Bertz CT molecular complexity index is 478. The molecule has 1 aromatic carbocycles. The van der Waals surface area contributed by atoms with Gasteiger partial charge < -0.3 is 16.4 Å². The molecule has 0 aliphatic carbocycles. The average molecular weight is 295 g/mol. The molecule has 0 saturated carbocycles. The average Bonchev–Trinajstić information content (AvgIpc) is 2.44. The fourth-order valence-corrected chi connectivity index (χ4v) is 1.70. The standard InChI is InChI=1S/C15H22FN3O2/c1-11(17)6-7-14(20)18-8-3-9-19-15(21)12-4-2-5-13(16)10-12/h2,4-5,10-11H,3,6-9,17H2,1H3,(H,18,20)(H,19,21). The summed E-state index contributed by atoms with van der Waals surface area (Å²) in [6.07, 6.45) is 1.68. The molecule has 0 radical (unpaired) electrons. The van der Waals surface area contributed by atoms with E-state index in [0.717, 1.165) is 0 Å². The molecule has 6 heteroatoms. The third-order valence-electron chi connectivity index (χ3n) is 2.87. The molecule has 1 aromatic rings. The van der Waals surface area contributed by atoms with Crippen LogP contribution in [0.2, 0.25) is 0 Å². The molecule has 0 saturated heterocycles. The zero-order valence-electron chi connectivity index (χ0n) is 12.2. The minimum absolute atomic E-state index is 0.0151. The number of nitrogens with two attached hydrogens (primary N) is 1. The quantitative estimate of drug-likeness (QED) is 0.630. The van der Waals surface area contributed by atoms with E-state index in [9.17, 15) is 14.0 Å². The van der Waals surface area contributed by atoms with E-state index >= 15 is 0 Å². The molecule has 1 rings (SSSR count). The first-order valence-corrected chi connectivity index (χ1v) is 7.05. The first-order valence-electron chi connectivity index (χ1n) is 7.05. The molecule has 0 aliphatic heterocycles. The van der Waals surface area contributed by atoms with E-state index in [1.807, 2.05) is 6.92 Å². The smallest absolute Gasteiger partial charge is 0.251 e. The van der Waals surface area contributed by atoms with Gasteiger partial charge in [-0.2, -0.15) is 0 Å². The molecule has 5 nitrogen and oxygen atoms in total. The highest BCUT2D eigenvalue weighted by Gasteiger charge is 2.06. The summed E-state index contributed by atoms with van der Waals surface area (Å²) in [5.74, 6) is -0.800. The van der Waals surface area contributed by atoms with Crippen LogP contribution in [0.4, 0.5) is 4.39 Å². The Morgan fingerprint density at radius 3 is 2.67 bits per heavy atom. The van der Waals surface area contributed by atoms with E-state index in [0.29, 0.717) is 32.4 Å². The maximum absolute atomic E-state index is 13.0. The van der Waals surface area contributed by atoms with Crippen molar-refractivity contribution in [2.75, 3.05) is 13.1 Å². The van der Waals surface area contributed by atoms with Crippen LogP contribution in [0, 0.1) is 5.82 Å². The number of hydrogen-bond donors (Lipinski definition) is 3. The predicted molar refractivity (Wildman–Crippen MR) is 79.2 cm³/mol. The molecule has 2 amide bonds. The lowest BCUT2D eigenvalue weighted by molar-refractivity contribution is -0.121. The lowest BCUT2D eigenvalue weighted by Crippen LogP contribution is -2.30. The van der Waals surface area contributed by atoms with Gasteiger partial charge in [0.05, 0.1) is 0 Å². The molecule has 0 aliphatic rings. The maximum Gasteiger partial charge on any atom is 0.251 e. The highest BCUT2D eigenvalue weighted by Crippen LogP contribution is 2.02. The van der Waals surface area contributed by atoms with E-state index < -0.39 is 5.82 Å². The number of carbonyl (C=O) groups excluding carboxylic acids is 2. The Kier molecular flexibility index (Phi) is 7.39. The second-order valence-electron chi connectivity index (χ2n) is 4.99. The van der Waals surface area contributed by atoms with Crippen molar-refractivity contribution in [3.05, 3.63) is 35.6 Å². The predicted octanol–water partition coefficient (Wildman–Crippen LogP) is 1.19. The van der Waals surface area contributed by atoms with Crippen LogP contribution in [0.15, 0.2) is 24.3 Å². The van der Waals surface area contributed by atoms with Crippen molar-refractivity contribution in [1.82, 2.24) is 10.6 Å². The van der Waals surface area contributed by atoms with E-state index in [1.54, 1.807) is 6.07 Å². The van der Waals surface area contributed by atoms with Crippen molar-refractivity contribution in [2.24, 2.45) is 5.73 Å². The number of halogens is 1. The Morgan fingerprint density at radius 2 is 2.00 bits per heavy atom. The van der Waals surface area contributed by atoms with Gasteiger partial charge in [-0.15, -0.1) is 0 Å². The summed E-state index contributed by atoms with van der Waals surface area (Å²) in [7, 11) is 0. The zero-order chi connectivity index (χ0) is 15.7. The number of nitrogens with one attached hydrogen (secondary N) is 2. The number of amides is 2. The largest absolute Gasteiger partial charge is 0.356 e. The van der Waals surface area contributed by atoms with Crippen LogP contribution >= 0.6 is 0 Å². The van der Waals surface area contributed by atoms with Crippen LogP contribution in [-0.4, -0.2) is 30.9 Å². The minimum atomic E-state index is -0.441. The maximum atomic E-state index is 13.0. The number of rotatable bonds is 8. The Labute approximate surface area is 124 Å². The number of hydrogen-bond acceptors (Lipinski definition) is 3. The summed E-state index contributed by atoms with van der Waals surface area (Å²) in [5.41, 5.74) is 5.85. The Balaban J connectivity index is 2.14. The van der Waals surface area contributed by atoms with Gasteiger partial charge in [-0.25, -0.2) is 4.39 Å². The van der Waals surface area contributed by atoms with Crippen molar-refractivity contribution >= 4 is 11.8 Å². The first-order chi connectivity index (χ1) is 9.99. The van der Waals surface area contributed by atoms with Gasteiger partial charge in [0.15, 0.2) is 0 Å². The van der Waals surface area contributed by atoms with Crippen LogP contribution in [-0.2, 0) is 4.79 Å². The van der Waals surface area contributed by atoms with Crippen LogP contribution in [0.3, 0.4) is 0 Å². The topological polar surface area (TPSA) is 84.2 Å². The summed E-state index contributed by atoms with van der Waals surface area (Å²) in [4.78, 5) is 23.1. The number of benzene rings is 1. The second-order valence-corrected chi connectivity index (χ2v) is 4.99. The van der Waals surface area contributed by atoms with E-state index in [1.165, 1.54) is 18.2 Å². The highest BCUT2D eigenvalue weighted by atomic mass is 19.1. The van der Waals surface area contributed by atoms with Gasteiger partial charge in [-0.05, 0) is 38.0 Å². The van der Waals surface area contributed by atoms with Crippen molar-refractivity contribution in [2.45, 2.75) is 32.2 Å². The van der Waals surface area contributed by atoms with Gasteiger partial charge in [0.1, 0.15) is 5.82 Å². The lowest BCUT2D eigenvalue weighted by atomic mass is 10.2. The summed E-state index contributed by atoms with van der Waals surface area (Å²) in [5, 5.41) is 5.43. The van der Waals surface area contributed by atoms with Gasteiger partial charge >= 0.3 is 0 Å². The molecular weight excluding hydrogens is 273 g/mol. The molecule has 4 N–H and O–H groups in total.